The van der Waals surface area contributed by atoms with Crippen LogP contribution in [0.15, 0.2) is 36.0 Å². The number of carboxylic acid groups (broad SMARTS) is 1. The number of rotatable bonds is 4. The fourth-order valence-electron chi connectivity index (χ4n) is 0.828. The Hall–Kier alpha value is -1.31. The molecule has 2 heteroatoms. The molecule has 0 heterocycles. The molecule has 0 rings (SSSR count). The normalized spacial score (nSPS) is 13.4. The number of hydrogen-bond acceptors (Lipinski definition) is 1. The van der Waals surface area contributed by atoms with Gasteiger partial charge in [-0.05, 0) is 18.9 Å². The van der Waals surface area contributed by atoms with Crippen LogP contribution >= 0.6 is 0 Å². The van der Waals surface area contributed by atoms with Gasteiger partial charge in [0.05, 0.1) is 5.57 Å². The van der Waals surface area contributed by atoms with Gasteiger partial charge in [0.1, 0.15) is 0 Å². The van der Waals surface area contributed by atoms with Crippen molar-refractivity contribution in [2.24, 2.45) is 5.92 Å². The van der Waals surface area contributed by atoms with Gasteiger partial charge in [0.25, 0.3) is 0 Å². The lowest BCUT2D eigenvalue weighted by atomic mass is 10.1. The van der Waals surface area contributed by atoms with Gasteiger partial charge < -0.3 is 5.11 Å². The van der Waals surface area contributed by atoms with Crippen LogP contribution < -0.4 is 0 Å². The third-order valence-electron chi connectivity index (χ3n) is 1.34. The Kier molecular flexibility index (Phi) is 5.60. The first-order valence-electron chi connectivity index (χ1n) is 4.32. The van der Waals surface area contributed by atoms with Gasteiger partial charge in [-0.1, -0.05) is 38.2 Å². The Labute approximate surface area is 79.3 Å². The van der Waals surface area contributed by atoms with Crippen molar-refractivity contribution in [1.82, 2.24) is 0 Å². The number of carbonyl (C=O) groups is 1. The summed E-state index contributed by atoms with van der Waals surface area (Å²) in [6.45, 7) is 5.79. The molecule has 1 N–H and O–H groups in total. The van der Waals surface area contributed by atoms with Crippen LogP contribution in [-0.4, -0.2) is 11.1 Å². The molecule has 0 bridgehead atoms. The number of hydrogen-bond donors (Lipinski definition) is 1. The summed E-state index contributed by atoms with van der Waals surface area (Å²) in [5.41, 5.74) is 0.341. The molecule has 0 radical (unpaired) electrons. The van der Waals surface area contributed by atoms with Crippen molar-refractivity contribution < 1.29 is 9.90 Å². The highest BCUT2D eigenvalue weighted by atomic mass is 16.4. The van der Waals surface area contributed by atoms with Gasteiger partial charge in [-0.2, -0.15) is 0 Å². The van der Waals surface area contributed by atoms with Crippen molar-refractivity contribution in [3.63, 3.8) is 0 Å². The molecule has 0 amide bonds. The first kappa shape index (κ1) is 11.7. The Morgan fingerprint density at radius 3 is 2.31 bits per heavy atom. The van der Waals surface area contributed by atoms with E-state index in [9.17, 15) is 4.79 Å². The smallest absolute Gasteiger partial charge is 0.335 e. The maximum Gasteiger partial charge on any atom is 0.335 e. The van der Waals surface area contributed by atoms with Crippen LogP contribution in [0.2, 0.25) is 0 Å². The molecule has 13 heavy (non-hydrogen) atoms. The van der Waals surface area contributed by atoms with Gasteiger partial charge in [0.2, 0.25) is 0 Å². The Morgan fingerprint density at radius 1 is 1.31 bits per heavy atom. The van der Waals surface area contributed by atoms with E-state index >= 15 is 0 Å². The van der Waals surface area contributed by atoms with Gasteiger partial charge in [0.15, 0.2) is 0 Å². The van der Waals surface area contributed by atoms with E-state index in [0.29, 0.717) is 5.57 Å². The van der Waals surface area contributed by atoms with E-state index in [4.69, 9.17) is 5.11 Å². The lowest BCUT2D eigenvalue weighted by Crippen LogP contribution is -1.99. The van der Waals surface area contributed by atoms with E-state index in [1.165, 1.54) is 0 Å². The molecule has 2 nitrogen and oxygen atoms in total. The minimum Gasteiger partial charge on any atom is -0.478 e. The van der Waals surface area contributed by atoms with Crippen LogP contribution in [-0.2, 0) is 4.79 Å². The summed E-state index contributed by atoms with van der Waals surface area (Å²) < 4.78 is 0. The molecular weight excluding hydrogens is 164 g/mol. The second-order valence-electron chi connectivity index (χ2n) is 3.06. The van der Waals surface area contributed by atoms with Crippen molar-refractivity contribution in [1.29, 1.82) is 0 Å². The van der Waals surface area contributed by atoms with E-state index < -0.39 is 5.97 Å². The second kappa shape index (κ2) is 6.23. The number of allylic oxidation sites excluding steroid dienone is 4. The molecule has 0 aliphatic heterocycles. The lowest BCUT2D eigenvalue weighted by molar-refractivity contribution is -0.132. The van der Waals surface area contributed by atoms with Crippen molar-refractivity contribution >= 4 is 5.97 Å². The van der Waals surface area contributed by atoms with Crippen molar-refractivity contribution in [2.75, 3.05) is 0 Å². The summed E-state index contributed by atoms with van der Waals surface area (Å²) >= 11 is 0. The summed E-state index contributed by atoms with van der Waals surface area (Å²) in [7, 11) is 0. The van der Waals surface area contributed by atoms with Crippen LogP contribution in [0.1, 0.15) is 20.8 Å². The zero-order valence-corrected chi connectivity index (χ0v) is 8.32. The molecule has 0 unspecified atom stereocenters. The minimum atomic E-state index is -0.880. The van der Waals surface area contributed by atoms with E-state index in [0.717, 1.165) is 0 Å². The molecular formula is C11H16O2. The molecule has 0 aliphatic rings. The highest BCUT2D eigenvalue weighted by Crippen LogP contribution is 2.04. The molecule has 0 saturated heterocycles. The monoisotopic (exact) mass is 180 g/mol. The summed E-state index contributed by atoms with van der Waals surface area (Å²) in [4.78, 5) is 10.7. The number of carboxylic acids is 1. The van der Waals surface area contributed by atoms with Gasteiger partial charge in [-0.3, -0.25) is 0 Å². The predicted octanol–water partition coefficient (Wildman–Crippen LogP) is 2.79. The second-order valence-corrected chi connectivity index (χ2v) is 3.06. The minimum absolute atomic E-state index is 0.251. The van der Waals surface area contributed by atoms with E-state index in [1.54, 1.807) is 24.3 Å². The van der Waals surface area contributed by atoms with E-state index in [2.05, 4.69) is 0 Å². The van der Waals surface area contributed by atoms with Crippen molar-refractivity contribution in [3.05, 3.63) is 36.0 Å². The Bertz CT molecular complexity index is 245. The average Bonchev–Trinajstić information content (AvgIpc) is 2.02. The first-order valence-corrected chi connectivity index (χ1v) is 4.32. The number of aliphatic carboxylic acids is 1. The third-order valence-corrected chi connectivity index (χ3v) is 1.34. The molecule has 0 fully saturated rings. The summed E-state index contributed by atoms with van der Waals surface area (Å²) in [6.07, 6.45) is 8.70. The van der Waals surface area contributed by atoms with Crippen molar-refractivity contribution in [3.8, 4) is 0 Å². The first-order chi connectivity index (χ1) is 6.07. The highest BCUT2D eigenvalue weighted by Gasteiger charge is 2.02. The summed E-state index contributed by atoms with van der Waals surface area (Å²) in [5, 5.41) is 8.78. The summed E-state index contributed by atoms with van der Waals surface area (Å²) in [6, 6.07) is 0. The quantitative estimate of drug-likeness (QED) is 0.533. The molecule has 0 saturated carbocycles. The van der Waals surface area contributed by atoms with Crippen LogP contribution in [0.5, 0.6) is 0 Å². The average molecular weight is 180 g/mol. The fourth-order valence-corrected chi connectivity index (χ4v) is 0.828. The Balaban J connectivity index is 4.53. The maximum absolute atomic E-state index is 10.7. The largest absolute Gasteiger partial charge is 0.478 e. The molecule has 0 spiro atoms. The molecule has 0 atom stereocenters. The van der Waals surface area contributed by atoms with Crippen LogP contribution in [0, 0.1) is 5.92 Å². The fraction of sp³-hybridized carbons (Fsp3) is 0.364. The molecule has 0 aromatic rings. The van der Waals surface area contributed by atoms with E-state index in [1.807, 2.05) is 26.8 Å². The van der Waals surface area contributed by atoms with Gasteiger partial charge in [0, 0.05) is 0 Å². The van der Waals surface area contributed by atoms with Gasteiger partial charge >= 0.3 is 5.97 Å². The lowest BCUT2D eigenvalue weighted by Gasteiger charge is -1.97. The molecule has 72 valence electrons. The Morgan fingerprint density at radius 2 is 1.92 bits per heavy atom. The van der Waals surface area contributed by atoms with E-state index in [-0.39, 0.29) is 5.92 Å². The standard InChI is InChI=1S/C11H16O2/c1-4-5-6-7-10(11(12)13)8-9(2)3/h4-9H,1-3H3,(H,12,13). The highest BCUT2D eigenvalue weighted by molar-refractivity contribution is 5.89. The van der Waals surface area contributed by atoms with Crippen LogP contribution in [0.4, 0.5) is 0 Å². The zero-order valence-electron chi connectivity index (χ0n) is 8.32. The zero-order chi connectivity index (χ0) is 10.3. The van der Waals surface area contributed by atoms with Gasteiger partial charge in [-0.25, -0.2) is 4.79 Å². The molecule has 0 aromatic carbocycles. The predicted molar refractivity (Wildman–Crippen MR) is 54.5 cm³/mol. The van der Waals surface area contributed by atoms with Crippen LogP contribution in [0.25, 0.3) is 0 Å². The topological polar surface area (TPSA) is 37.3 Å². The maximum atomic E-state index is 10.7. The summed E-state index contributed by atoms with van der Waals surface area (Å²) in [5.74, 6) is -0.629. The van der Waals surface area contributed by atoms with Crippen LogP contribution in [0.3, 0.4) is 0 Å². The third kappa shape index (κ3) is 5.91. The van der Waals surface area contributed by atoms with Gasteiger partial charge in [-0.15, -0.1) is 0 Å². The molecule has 0 aliphatic carbocycles. The van der Waals surface area contributed by atoms with Crippen molar-refractivity contribution in [2.45, 2.75) is 20.8 Å². The molecule has 0 aromatic heterocycles. The SMILES string of the molecule is CC=CC=CC(=CC(C)C)C(=O)O.